The van der Waals surface area contributed by atoms with Crippen LogP contribution in [0.3, 0.4) is 0 Å². The third-order valence-corrected chi connectivity index (χ3v) is 4.84. The second-order valence-corrected chi connectivity index (χ2v) is 7.39. The maximum Gasteiger partial charge on any atom is 0.282 e. The van der Waals surface area contributed by atoms with Gasteiger partial charge in [0.2, 0.25) is 0 Å². The predicted octanol–water partition coefficient (Wildman–Crippen LogP) is 3.58. The molecule has 0 aromatic heterocycles. The van der Waals surface area contributed by atoms with Crippen LogP contribution in [0.25, 0.3) is 0 Å². The molecular weight excluding hydrogens is 322 g/mol. The van der Waals surface area contributed by atoms with Gasteiger partial charge in [-0.05, 0) is 54.8 Å². The zero-order chi connectivity index (χ0) is 16.5. The summed E-state index contributed by atoms with van der Waals surface area (Å²) >= 11 is 5.76. The molecule has 2 rings (SSSR count). The second kappa shape index (κ2) is 6.18. The van der Waals surface area contributed by atoms with E-state index in [0.717, 1.165) is 0 Å². The first kappa shape index (κ1) is 16.6. The Morgan fingerprint density at radius 1 is 1.09 bits per heavy atom. The molecule has 0 N–H and O–H groups in total. The fourth-order valence-electron chi connectivity index (χ4n) is 2.02. The molecule has 0 saturated heterocycles. The number of halogens is 1. The van der Waals surface area contributed by atoms with Crippen LogP contribution in [-0.2, 0) is 14.8 Å². The summed E-state index contributed by atoms with van der Waals surface area (Å²) in [6.07, 6.45) is 2.97. The molecule has 22 heavy (non-hydrogen) atoms. The average molecular weight is 338 g/mol. The van der Waals surface area contributed by atoms with Crippen LogP contribution in [0.15, 0.2) is 56.9 Å². The van der Waals surface area contributed by atoms with Gasteiger partial charge in [-0.15, -0.1) is 0 Å². The van der Waals surface area contributed by atoms with Crippen molar-refractivity contribution in [3.8, 4) is 0 Å². The van der Waals surface area contributed by atoms with Crippen LogP contribution in [0.5, 0.6) is 0 Å². The number of carbonyl (C=O) groups excluding carboxylic acids is 1. The van der Waals surface area contributed by atoms with E-state index in [-0.39, 0.29) is 16.6 Å². The topological polar surface area (TPSA) is 63.6 Å². The Labute approximate surface area is 135 Å². The number of rotatable bonds is 3. The Balaban J connectivity index is 2.49. The molecule has 0 saturated carbocycles. The predicted molar refractivity (Wildman–Crippen MR) is 87.8 cm³/mol. The average Bonchev–Trinajstić information content (AvgIpc) is 2.41. The van der Waals surface area contributed by atoms with Gasteiger partial charge in [-0.25, -0.2) is 0 Å². The summed E-state index contributed by atoms with van der Waals surface area (Å²) in [6.45, 7) is 5.43. The van der Waals surface area contributed by atoms with Gasteiger partial charge in [0.05, 0.1) is 10.6 Å². The summed E-state index contributed by atoms with van der Waals surface area (Å²) in [5.41, 5.74) is 1.38. The monoisotopic (exact) mass is 337 g/mol. The van der Waals surface area contributed by atoms with Crippen molar-refractivity contribution in [3.05, 3.63) is 52.6 Å². The van der Waals surface area contributed by atoms with Crippen molar-refractivity contribution >= 4 is 33.1 Å². The van der Waals surface area contributed by atoms with Gasteiger partial charge in [0.1, 0.15) is 0 Å². The van der Waals surface area contributed by atoms with Gasteiger partial charge in [0.15, 0.2) is 5.78 Å². The summed E-state index contributed by atoms with van der Waals surface area (Å²) in [5, 5.41) is 0.452. The Bertz CT molecular complexity index is 800. The van der Waals surface area contributed by atoms with Crippen molar-refractivity contribution < 1.29 is 13.2 Å². The first-order chi connectivity index (χ1) is 10.2. The Morgan fingerprint density at radius 3 is 2.23 bits per heavy atom. The lowest BCUT2D eigenvalue weighted by Crippen LogP contribution is -2.16. The second-order valence-electron chi connectivity index (χ2n) is 5.35. The number of benzene rings is 1. The highest BCUT2D eigenvalue weighted by Crippen LogP contribution is 2.22. The molecule has 0 unspecified atom stereocenters. The number of allylic oxidation sites excluding steroid dienone is 4. The van der Waals surface area contributed by atoms with Crippen LogP contribution in [0.4, 0.5) is 0 Å². The zero-order valence-corrected chi connectivity index (χ0v) is 14.1. The van der Waals surface area contributed by atoms with Gasteiger partial charge < -0.3 is 0 Å². The van der Waals surface area contributed by atoms with E-state index in [0.29, 0.717) is 21.9 Å². The Kier molecular flexibility index (Phi) is 4.68. The van der Waals surface area contributed by atoms with Crippen molar-refractivity contribution in [2.24, 2.45) is 10.3 Å². The minimum atomic E-state index is -3.84. The van der Waals surface area contributed by atoms with E-state index in [1.54, 1.807) is 13.0 Å². The standard InChI is InChI=1S/C16H16ClNO3S/c1-10(2)14-9-15(11(3)8-16(14)19)18-22(20,21)13-6-4-12(17)5-7-13/h4-10H,1-3H3. The zero-order valence-electron chi connectivity index (χ0n) is 12.5. The minimum Gasteiger partial charge on any atom is -0.290 e. The fourth-order valence-corrected chi connectivity index (χ4v) is 3.19. The van der Waals surface area contributed by atoms with E-state index in [4.69, 9.17) is 11.6 Å². The van der Waals surface area contributed by atoms with Crippen molar-refractivity contribution in [2.45, 2.75) is 25.7 Å². The van der Waals surface area contributed by atoms with E-state index in [1.165, 1.54) is 30.3 Å². The highest BCUT2D eigenvalue weighted by Gasteiger charge is 2.21. The molecule has 0 bridgehead atoms. The lowest BCUT2D eigenvalue weighted by atomic mass is 9.90. The maximum absolute atomic E-state index is 12.3. The van der Waals surface area contributed by atoms with E-state index in [1.807, 2.05) is 13.8 Å². The molecule has 1 aromatic rings. The third kappa shape index (κ3) is 3.54. The number of carbonyl (C=O) groups is 1. The SMILES string of the molecule is CC1=CC(=O)C(C(C)C)=CC1=NS(=O)(=O)c1ccc(Cl)cc1. The van der Waals surface area contributed by atoms with Gasteiger partial charge in [-0.2, -0.15) is 12.8 Å². The van der Waals surface area contributed by atoms with E-state index >= 15 is 0 Å². The van der Waals surface area contributed by atoms with Crippen LogP contribution in [-0.4, -0.2) is 19.9 Å². The normalized spacial score (nSPS) is 17.7. The van der Waals surface area contributed by atoms with Crippen molar-refractivity contribution in [1.82, 2.24) is 0 Å². The highest BCUT2D eigenvalue weighted by molar-refractivity contribution is 7.90. The minimum absolute atomic E-state index is 0.000265. The number of hydrogen-bond acceptors (Lipinski definition) is 3. The molecule has 0 aliphatic heterocycles. The summed E-state index contributed by atoms with van der Waals surface area (Å²) in [5.74, 6) is -0.101. The highest BCUT2D eigenvalue weighted by atomic mass is 35.5. The van der Waals surface area contributed by atoms with Crippen molar-refractivity contribution in [2.75, 3.05) is 0 Å². The molecule has 6 heteroatoms. The molecule has 1 aliphatic rings. The molecule has 1 aromatic carbocycles. The quantitative estimate of drug-likeness (QED) is 0.792. The molecule has 0 atom stereocenters. The van der Waals surface area contributed by atoms with E-state index in [9.17, 15) is 13.2 Å². The number of hydrogen-bond donors (Lipinski definition) is 0. The molecule has 0 heterocycles. The Hall–Kier alpha value is -1.72. The molecule has 116 valence electrons. The largest absolute Gasteiger partial charge is 0.290 e. The molecule has 0 amide bonds. The summed E-state index contributed by atoms with van der Waals surface area (Å²) in [4.78, 5) is 12.0. The van der Waals surface area contributed by atoms with Gasteiger partial charge in [0, 0.05) is 10.6 Å². The molecule has 4 nitrogen and oxygen atoms in total. The van der Waals surface area contributed by atoms with E-state index < -0.39 is 10.0 Å². The number of ketones is 1. The van der Waals surface area contributed by atoms with Gasteiger partial charge in [-0.3, -0.25) is 4.79 Å². The molecule has 0 spiro atoms. The first-order valence-corrected chi connectivity index (χ1v) is 8.57. The maximum atomic E-state index is 12.3. The lowest BCUT2D eigenvalue weighted by Gasteiger charge is -2.15. The van der Waals surface area contributed by atoms with E-state index in [2.05, 4.69) is 4.40 Å². The van der Waals surface area contributed by atoms with Gasteiger partial charge >= 0.3 is 0 Å². The van der Waals surface area contributed by atoms with Crippen LogP contribution >= 0.6 is 11.6 Å². The summed E-state index contributed by atoms with van der Waals surface area (Å²) < 4.78 is 28.6. The summed E-state index contributed by atoms with van der Waals surface area (Å²) in [6, 6.07) is 5.80. The van der Waals surface area contributed by atoms with Gasteiger partial charge in [0.25, 0.3) is 10.0 Å². The number of sulfonamides is 1. The van der Waals surface area contributed by atoms with Crippen LogP contribution in [0, 0.1) is 5.92 Å². The van der Waals surface area contributed by atoms with Crippen LogP contribution < -0.4 is 0 Å². The Morgan fingerprint density at radius 2 is 1.68 bits per heavy atom. The lowest BCUT2D eigenvalue weighted by molar-refractivity contribution is -0.111. The first-order valence-electron chi connectivity index (χ1n) is 6.76. The number of nitrogens with zero attached hydrogens (tertiary/aromatic N) is 1. The molecule has 0 radical (unpaired) electrons. The fraction of sp³-hybridized carbons (Fsp3) is 0.250. The smallest absolute Gasteiger partial charge is 0.282 e. The molecule has 0 fully saturated rings. The van der Waals surface area contributed by atoms with Gasteiger partial charge in [-0.1, -0.05) is 25.4 Å². The van der Waals surface area contributed by atoms with Crippen molar-refractivity contribution in [3.63, 3.8) is 0 Å². The molecule has 1 aliphatic carbocycles. The van der Waals surface area contributed by atoms with Crippen LogP contribution in [0.1, 0.15) is 20.8 Å². The summed E-state index contributed by atoms with van der Waals surface area (Å²) in [7, 11) is -3.84. The van der Waals surface area contributed by atoms with Crippen LogP contribution in [0.2, 0.25) is 5.02 Å². The molecular formula is C16H16ClNO3S. The third-order valence-electron chi connectivity index (χ3n) is 3.28. The van der Waals surface area contributed by atoms with Crippen molar-refractivity contribution in [1.29, 1.82) is 0 Å².